The van der Waals surface area contributed by atoms with Crippen LogP contribution in [0.25, 0.3) is 0 Å². The van der Waals surface area contributed by atoms with Gasteiger partial charge in [0, 0.05) is 19.5 Å². The molecule has 0 radical (unpaired) electrons. The zero-order valence-electron chi connectivity index (χ0n) is 15.3. The lowest BCUT2D eigenvalue weighted by molar-refractivity contribution is 0.0591. The fourth-order valence-corrected chi connectivity index (χ4v) is 2.50. The Balaban J connectivity index is 0.000000292. The molecule has 28 heavy (non-hydrogen) atoms. The third-order valence-corrected chi connectivity index (χ3v) is 4.19. The van der Waals surface area contributed by atoms with E-state index in [2.05, 4.69) is 51.3 Å². The molecule has 2 aromatic rings. The van der Waals surface area contributed by atoms with Gasteiger partial charge in [0.05, 0.1) is 40.9 Å². The molecule has 0 spiro atoms. The van der Waals surface area contributed by atoms with E-state index in [1.165, 1.54) is 32.7 Å². The normalized spacial score (nSPS) is 9.75. The van der Waals surface area contributed by atoms with Crippen LogP contribution in [0.3, 0.4) is 0 Å². The van der Waals surface area contributed by atoms with Gasteiger partial charge in [-0.05, 0) is 44.0 Å². The van der Waals surface area contributed by atoms with Gasteiger partial charge in [0.1, 0.15) is 6.61 Å². The predicted molar refractivity (Wildman–Crippen MR) is 107 cm³/mol. The van der Waals surface area contributed by atoms with Crippen molar-refractivity contribution in [2.75, 3.05) is 34.5 Å². The number of carbonyl (C=O) groups excluding carboxylic acids is 2. The summed E-state index contributed by atoms with van der Waals surface area (Å²) < 4.78 is 20.1. The Kier molecular flexibility index (Phi) is 10.4. The molecule has 0 saturated carbocycles. The molecule has 2 heterocycles. The summed E-state index contributed by atoms with van der Waals surface area (Å²) in [7, 11) is 4.19. The van der Waals surface area contributed by atoms with E-state index in [1.54, 1.807) is 13.2 Å². The lowest BCUT2D eigenvalue weighted by atomic mass is 10.3. The van der Waals surface area contributed by atoms with Crippen molar-refractivity contribution in [3.05, 3.63) is 55.0 Å². The minimum absolute atomic E-state index is 0.275. The largest absolute Gasteiger partial charge is 0.474 e. The highest BCUT2D eigenvalue weighted by atomic mass is 79.9. The van der Waals surface area contributed by atoms with Crippen LogP contribution in [-0.4, -0.2) is 56.4 Å². The molecular weight excluding hydrogens is 504 g/mol. The second-order valence-corrected chi connectivity index (χ2v) is 6.61. The molecule has 0 bridgehead atoms. The highest BCUT2D eigenvalue weighted by Gasteiger charge is 2.10. The summed E-state index contributed by atoms with van der Waals surface area (Å²) in [5.41, 5.74) is 0.403. The van der Waals surface area contributed by atoms with E-state index in [0.717, 1.165) is 0 Å². The lowest BCUT2D eigenvalue weighted by Gasteiger charge is -2.07. The summed E-state index contributed by atoms with van der Waals surface area (Å²) in [5.74, 6) is -0.492. The molecule has 152 valence electrons. The quantitative estimate of drug-likeness (QED) is 0.455. The van der Waals surface area contributed by atoms with Crippen molar-refractivity contribution in [1.82, 2.24) is 9.97 Å². The van der Waals surface area contributed by atoms with Gasteiger partial charge in [-0.1, -0.05) is 0 Å². The molecule has 2 aromatic heterocycles. The molecule has 2 rings (SSSR count). The van der Waals surface area contributed by atoms with E-state index in [1.807, 2.05) is 0 Å². The molecular formula is C17H18Br2N2O7. The van der Waals surface area contributed by atoms with Crippen molar-refractivity contribution < 1.29 is 28.5 Å². The van der Waals surface area contributed by atoms with Gasteiger partial charge >= 0.3 is 11.9 Å². The van der Waals surface area contributed by atoms with Gasteiger partial charge < -0.3 is 23.9 Å². The lowest BCUT2D eigenvalue weighted by Crippen LogP contribution is -2.10. The third-order valence-electron chi connectivity index (χ3n) is 3.03. The van der Waals surface area contributed by atoms with Gasteiger partial charge in [0.2, 0.25) is 5.88 Å². The van der Waals surface area contributed by atoms with Gasteiger partial charge in [0.25, 0.3) is 5.56 Å². The van der Waals surface area contributed by atoms with Crippen molar-refractivity contribution in [3.63, 3.8) is 0 Å². The van der Waals surface area contributed by atoms with Crippen LogP contribution in [0, 0.1) is 0 Å². The number of rotatable bonds is 6. The average Bonchev–Trinajstić information content (AvgIpc) is 2.70. The number of nitrogens with one attached hydrogen (secondary N) is 1. The number of ether oxygens (including phenoxy) is 4. The first-order valence-electron chi connectivity index (χ1n) is 7.66. The minimum Gasteiger partial charge on any atom is -0.474 e. The fourth-order valence-electron chi connectivity index (χ4n) is 1.67. The number of methoxy groups -OCH3 is 3. The van der Waals surface area contributed by atoms with E-state index >= 15 is 0 Å². The predicted octanol–water partition coefficient (Wildman–Crippen LogP) is 2.58. The molecule has 11 heteroatoms. The Bertz CT molecular complexity index is 871. The molecule has 0 aromatic carbocycles. The van der Waals surface area contributed by atoms with Crippen LogP contribution < -0.4 is 10.3 Å². The minimum atomic E-state index is -0.480. The molecule has 0 amide bonds. The monoisotopic (exact) mass is 520 g/mol. The first kappa shape index (κ1) is 23.8. The van der Waals surface area contributed by atoms with Crippen molar-refractivity contribution >= 4 is 43.8 Å². The number of halogens is 2. The summed E-state index contributed by atoms with van der Waals surface area (Å²) in [6.45, 7) is 0.881. The van der Waals surface area contributed by atoms with E-state index < -0.39 is 11.9 Å². The second kappa shape index (κ2) is 12.3. The number of esters is 2. The smallest absolute Gasteiger partial charge is 0.339 e. The summed E-state index contributed by atoms with van der Waals surface area (Å²) >= 11 is 6.25. The number of H-pyrrole nitrogens is 1. The number of pyridine rings is 2. The molecule has 0 saturated heterocycles. The highest BCUT2D eigenvalue weighted by molar-refractivity contribution is 9.10. The van der Waals surface area contributed by atoms with Crippen molar-refractivity contribution in [3.8, 4) is 5.88 Å². The number of hydrogen-bond donors (Lipinski definition) is 1. The van der Waals surface area contributed by atoms with Crippen LogP contribution in [-0.2, 0) is 14.2 Å². The second-order valence-electron chi connectivity index (χ2n) is 4.90. The number of hydrogen-bond acceptors (Lipinski definition) is 8. The molecule has 0 fully saturated rings. The van der Waals surface area contributed by atoms with Crippen LogP contribution in [0.15, 0.2) is 38.3 Å². The highest BCUT2D eigenvalue weighted by Crippen LogP contribution is 2.23. The maximum Gasteiger partial charge on any atom is 0.339 e. The third kappa shape index (κ3) is 7.41. The van der Waals surface area contributed by atoms with E-state index in [-0.39, 0.29) is 5.56 Å². The Morgan fingerprint density at radius 3 is 2.14 bits per heavy atom. The van der Waals surface area contributed by atoms with Crippen molar-refractivity contribution in [2.45, 2.75) is 0 Å². The number of carbonyl (C=O) groups is 2. The van der Waals surface area contributed by atoms with E-state index in [9.17, 15) is 14.4 Å². The maximum atomic E-state index is 11.2. The summed E-state index contributed by atoms with van der Waals surface area (Å²) in [6, 6.07) is 3.01. The summed E-state index contributed by atoms with van der Waals surface area (Å²) in [6.07, 6.45) is 2.71. The van der Waals surface area contributed by atoms with E-state index in [0.29, 0.717) is 39.2 Å². The van der Waals surface area contributed by atoms with E-state index in [4.69, 9.17) is 9.47 Å². The van der Waals surface area contributed by atoms with Crippen LogP contribution in [0.4, 0.5) is 0 Å². The topological polar surface area (TPSA) is 117 Å². The Morgan fingerprint density at radius 2 is 1.61 bits per heavy atom. The van der Waals surface area contributed by atoms with Gasteiger partial charge in [-0.25, -0.2) is 14.6 Å². The van der Waals surface area contributed by atoms with Crippen molar-refractivity contribution in [1.29, 1.82) is 0 Å². The first-order chi connectivity index (χ1) is 13.3. The number of nitrogens with zero attached hydrogens (tertiary/aromatic N) is 1. The molecule has 0 aliphatic heterocycles. The van der Waals surface area contributed by atoms with Crippen molar-refractivity contribution in [2.24, 2.45) is 0 Å². The average molecular weight is 522 g/mol. The molecule has 0 aliphatic rings. The van der Waals surface area contributed by atoms with Crippen LogP contribution >= 0.6 is 31.9 Å². The van der Waals surface area contributed by atoms with Gasteiger partial charge in [-0.2, -0.15) is 0 Å². The first-order valence-corrected chi connectivity index (χ1v) is 9.24. The SMILES string of the molecule is COC(=O)c1c[nH]c(=O)c(Br)c1.COCCOc1ncc(C(=O)OC)cc1Br. The Hall–Kier alpha value is -2.24. The number of aromatic nitrogens is 2. The Morgan fingerprint density at radius 1 is 1.00 bits per heavy atom. The summed E-state index contributed by atoms with van der Waals surface area (Å²) in [4.78, 5) is 39.3. The Labute approximate surface area is 177 Å². The molecule has 1 N–H and O–H groups in total. The zero-order valence-corrected chi connectivity index (χ0v) is 18.5. The molecule has 9 nitrogen and oxygen atoms in total. The van der Waals surface area contributed by atoms with Crippen LogP contribution in [0.1, 0.15) is 20.7 Å². The van der Waals surface area contributed by atoms with Gasteiger partial charge in [-0.15, -0.1) is 0 Å². The maximum absolute atomic E-state index is 11.2. The van der Waals surface area contributed by atoms with Gasteiger partial charge in [0.15, 0.2) is 0 Å². The molecule has 0 unspecified atom stereocenters. The van der Waals surface area contributed by atoms with Gasteiger partial charge in [-0.3, -0.25) is 4.79 Å². The standard InChI is InChI=1S/C10H12BrNO4.C7H6BrNO3/c1-14-3-4-16-9-8(11)5-7(6-12-9)10(13)15-2;1-12-7(11)4-2-5(8)6(10)9-3-4/h5-6H,3-4H2,1-2H3;2-3H,1H3,(H,9,10). The fraction of sp³-hybridized carbons (Fsp3) is 0.294. The zero-order chi connectivity index (χ0) is 21.1. The van der Waals surface area contributed by atoms with Crippen LogP contribution in [0.2, 0.25) is 0 Å². The molecule has 0 aliphatic carbocycles. The number of aromatic amines is 1. The van der Waals surface area contributed by atoms with Crippen LogP contribution in [0.5, 0.6) is 5.88 Å². The summed E-state index contributed by atoms with van der Waals surface area (Å²) in [5, 5.41) is 0. The molecule has 0 atom stereocenters.